The molecule has 0 aliphatic rings. The lowest BCUT2D eigenvalue weighted by Gasteiger charge is -2.09. The summed E-state index contributed by atoms with van der Waals surface area (Å²) in [6.45, 7) is -0.816. The van der Waals surface area contributed by atoms with Crippen LogP contribution in [0.3, 0.4) is 0 Å². The van der Waals surface area contributed by atoms with E-state index in [1.165, 1.54) is 6.07 Å². The van der Waals surface area contributed by atoms with Crippen molar-refractivity contribution in [2.75, 3.05) is 11.9 Å². The normalized spacial score (nSPS) is 11.0. The first-order valence-corrected chi connectivity index (χ1v) is 6.55. The van der Waals surface area contributed by atoms with Gasteiger partial charge in [-0.15, -0.1) is 0 Å². The number of ether oxygens (including phenoxy) is 1. The smallest absolute Gasteiger partial charge is 0.433 e. The second-order valence-electron chi connectivity index (χ2n) is 4.60. The Morgan fingerprint density at radius 2 is 1.96 bits per heavy atom. The van der Waals surface area contributed by atoms with E-state index in [9.17, 15) is 32.9 Å². The van der Waals surface area contributed by atoms with Crippen LogP contribution in [0.15, 0.2) is 40.8 Å². The summed E-state index contributed by atoms with van der Waals surface area (Å²) in [6.07, 6.45) is -4.57. The van der Waals surface area contributed by atoms with E-state index in [1.807, 2.05) is 0 Å². The van der Waals surface area contributed by atoms with Gasteiger partial charge in [0.1, 0.15) is 4.92 Å². The molecule has 0 unspecified atom stereocenters. The van der Waals surface area contributed by atoms with E-state index in [0.717, 1.165) is 30.3 Å². The second-order valence-corrected chi connectivity index (χ2v) is 4.60. The molecule has 2 rings (SSSR count). The third-order valence-corrected chi connectivity index (χ3v) is 2.78. The Morgan fingerprint density at radius 3 is 2.56 bits per heavy atom. The minimum absolute atomic E-state index is 0.135. The molecule has 0 aliphatic carbocycles. The van der Waals surface area contributed by atoms with Gasteiger partial charge in [0, 0.05) is 5.69 Å². The van der Waals surface area contributed by atoms with Gasteiger partial charge < -0.3 is 14.5 Å². The van der Waals surface area contributed by atoms with Crippen LogP contribution in [-0.2, 0) is 15.7 Å². The minimum Gasteiger partial charge on any atom is -0.450 e. The highest BCUT2D eigenvalue weighted by atomic mass is 19.4. The Morgan fingerprint density at radius 1 is 1.24 bits per heavy atom. The first-order valence-electron chi connectivity index (χ1n) is 6.55. The maximum atomic E-state index is 12.6. The van der Waals surface area contributed by atoms with Gasteiger partial charge in [0.15, 0.2) is 6.61 Å². The summed E-state index contributed by atoms with van der Waals surface area (Å²) in [5.74, 6) is -3.19. The van der Waals surface area contributed by atoms with Crippen molar-refractivity contribution in [3.63, 3.8) is 0 Å². The summed E-state index contributed by atoms with van der Waals surface area (Å²) >= 11 is 0. The van der Waals surface area contributed by atoms with Crippen LogP contribution in [0.4, 0.5) is 24.7 Å². The average Bonchev–Trinajstić information content (AvgIpc) is 3.02. The molecular weight excluding hydrogens is 349 g/mol. The Balaban J connectivity index is 1.92. The maximum absolute atomic E-state index is 12.6. The molecule has 0 bridgehead atoms. The molecule has 0 radical (unpaired) electrons. The zero-order chi connectivity index (χ0) is 18.6. The molecule has 132 valence electrons. The van der Waals surface area contributed by atoms with Crippen LogP contribution in [0.5, 0.6) is 0 Å². The Kier molecular flexibility index (Phi) is 5.05. The predicted molar refractivity (Wildman–Crippen MR) is 75.7 cm³/mol. The molecule has 11 heteroatoms. The number of hydrogen-bond donors (Lipinski definition) is 1. The van der Waals surface area contributed by atoms with Crippen molar-refractivity contribution < 1.29 is 36.8 Å². The van der Waals surface area contributed by atoms with Crippen LogP contribution in [0.1, 0.15) is 16.1 Å². The van der Waals surface area contributed by atoms with E-state index in [4.69, 9.17) is 0 Å². The number of benzene rings is 1. The van der Waals surface area contributed by atoms with Gasteiger partial charge in [-0.1, -0.05) is 6.07 Å². The fraction of sp³-hybridized carbons (Fsp3) is 0.143. The van der Waals surface area contributed by atoms with Crippen molar-refractivity contribution in [2.45, 2.75) is 6.18 Å². The summed E-state index contributed by atoms with van der Waals surface area (Å²) in [4.78, 5) is 32.7. The van der Waals surface area contributed by atoms with Gasteiger partial charge in [-0.2, -0.15) is 13.2 Å². The summed E-state index contributed by atoms with van der Waals surface area (Å²) in [5.41, 5.74) is -1.09. The van der Waals surface area contributed by atoms with E-state index in [0.29, 0.717) is 0 Å². The lowest BCUT2D eigenvalue weighted by Crippen LogP contribution is -2.21. The molecule has 2 aromatic rings. The number of rotatable bonds is 5. The van der Waals surface area contributed by atoms with Crippen LogP contribution in [0.2, 0.25) is 0 Å². The number of halogens is 3. The van der Waals surface area contributed by atoms with Gasteiger partial charge >= 0.3 is 18.0 Å². The first-order chi connectivity index (χ1) is 11.7. The van der Waals surface area contributed by atoms with Crippen molar-refractivity contribution in [1.29, 1.82) is 0 Å². The van der Waals surface area contributed by atoms with Gasteiger partial charge in [0.05, 0.1) is 11.6 Å². The number of hydrogen-bond acceptors (Lipinski definition) is 6. The van der Waals surface area contributed by atoms with Crippen LogP contribution in [-0.4, -0.2) is 23.4 Å². The zero-order valence-electron chi connectivity index (χ0n) is 12.2. The number of carbonyl (C=O) groups excluding carboxylic acids is 2. The lowest BCUT2D eigenvalue weighted by atomic mass is 10.2. The van der Waals surface area contributed by atoms with Crippen molar-refractivity contribution in [1.82, 2.24) is 0 Å². The van der Waals surface area contributed by atoms with Crippen LogP contribution >= 0.6 is 0 Å². The summed E-state index contributed by atoms with van der Waals surface area (Å²) in [7, 11) is 0. The number of amides is 1. The number of nitro groups is 1. The highest BCUT2D eigenvalue weighted by molar-refractivity contribution is 5.94. The molecule has 0 spiro atoms. The highest BCUT2D eigenvalue weighted by Gasteiger charge is 2.30. The lowest BCUT2D eigenvalue weighted by molar-refractivity contribution is -0.402. The van der Waals surface area contributed by atoms with Crippen LogP contribution in [0, 0.1) is 10.1 Å². The first kappa shape index (κ1) is 18.0. The number of nitrogens with zero attached hydrogens (tertiary/aromatic N) is 1. The molecule has 25 heavy (non-hydrogen) atoms. The Labute approximate surface area is 137 Å². The molecule has 8 nitrogen and oxygen atoms in total. The van der Waals surface area contributed by atoms with Gasteiger partial charge in [-0.05, 0) is 24.3 Å². The fourth-order valence-electron chi connectivity index (χ4n) is 1.71. The topological polar surface area (TPSA) is 112 Å². The number of carbonyl (C=O) groups is 2. The minimum atomic E-state index is -4.57. The largest absolute Gasteiger partial charge is 0.450 e. The average molecular weight is 358 g/mol. The molecular formula is C14H9F3N2O6. The molecule has 0 saturated heterocycles. The van der Waals surface area contributed by atoms with E-state index in [1.54, 1.807) is 0 Å². The molecule has 1 aromatic carbocycles. The standard InChI is InChI=1S/C14H9F3N2O6/c15-14(16,17)8-2-1-3-9(6-8)18-11(20)7-24-13(21)10-4-5-12(25-10)19(22)23/h1-6H,7H2,(H,18,20). The quantitative estimate of drug-likeness (QED) is 0.500. The third-order valence-electron chi connectivity index (χ3n) is 2.78. The van der Waals surface area contributed by atoms with Crippen molar-refractivity contribution in [3.8, 4) is 0 Å². The molecule has 0 fully saturated rings. The fourth-order valence-corrected chi connectivity index (χ4v) is 1.71. The molecule has 1 N–H and O–H groups in total. The second kappa shape index (κ2) is 7.03. The predicted octanol–water partition coefficient (Wildman–Crippen LogP) is 3.00. The number of alkyl halides is 3. The number of anilines is 1. The van der Waals surface area contributed by atoms with Gasteiger partial charge in [-0.25, -0.2) is 4.79 Å². The highest BCUT2D eigenvalue weighted by Crippen LogP contribution is 2.30. The van der Waals surface area contributed by atoms with Crippen molar-refractivity contribution in [3.05, 3.63) is 57.8 Å². The number of esters is 1. The molecule has 1 aromatic heterocycles. The van der Waals surface area contributed by atoms with E-state index < -0.39 is 46.8 Å². The number of furan rings is 1. The number of nitrogens with one attached hydrogen (secondary N) is 1. The van der Waals surface area contributed by atoms with Gasteiger partial charge in [-0.3, -0.25) is 14.9 Å². The molecule has 1 heterocycles. The Hall–Kier alpha value is -3.37. The zero-order valence-corrected chi connectivity index (χ0v) is 12.2. The Bertz CT molecular complexity index is 815. The van der Waals surface area contributed by atoms with E-state index >= 15 is 0 Å². The van der Waals surface area contributed by atoms with Crippen LogP contribution < -0.4 is 5.32 Å². The van der Waals surface area contributed by atoms with Gasteiger partial charge in [0.2, 0.25) is 5.76 Å². The SMILES string of the molecule is O=C(COC(=O)c1ccc([N+](=O)[O-])o1)Nc1cccc(C(F)(F)F)c1. The van der Waals surface area contributed by atoms with E-state index in [-0.39, 0.29) is 5.69 Å². The van der Waals surface area contributed by atoms with Crippen LogP contribution in [0.25, 0.3) is 0 Å². The molecule has 0 saturated carbocycles. The molecule has 0 atom stereocenters. The van der Waals surface area contributed by atoms with Crippen molar-refractivity contribution >= 4 is 23.4 Å². The molecule has 0 aliphatic heterocycles. The monoisotopic (exact) mass is 358 g/mol. The summed E-state index contributed by atoms with van der Waals surface area (Å²) < 4.78 is 46.8. The van der Waals surface area contributed by atoms with Crippen molar-refractivity contribution in [2.24, 2.45) is 0 Å². The molecule has 1 amide bonds. The summed E-state index contributed by atoms with van der Waals surface area (Å²) in [6, 6.07) is 5.80. The third kappa shape index (κ3) is 4.80. The van der Waals surface area contributed by atoms with Gasteiger partial charge in [0.25, 0.3) is 5.91 Å². The maximum Gasteiger partial charge on any atom is 0.433 e. The summed E-state index contributed by atoms with van der Waals surface area (Å²) in [5, 5.41) is 12.5. The van der Waals surface area contributed by atoms with E-state index in [2.05, 4.69) is 14.5 Å².